The van der Waals surface area contributed by atoms with Crippen molar-refractivity contribution in [2.24, 2.45) is 0 Å². The fraction of sp³-hybridized carbons (Fsp3) is 0.303. The van der Waals surface area contributed by atoms with Gasteiger partial charge in [-0.05, 0) is 60.0 Å². The molecule has 1 N–H and O–H groups in total. The Kier molecular flexibility index (Phi) is 8.41. The van der Waals surface area contributed by atoms with Crippen LogP contribution in [0.2, 0.25) is 0 Å². The molecule has 0 spiro atoms. The van der Waals surface area contributed by atoms with E-state index in [0.29, 0.717) is 11.6 Å². The number of rotatable bonds is 7. The Balaban J connectivity index is 1.64. The Hall–Kier alpha value is -4.11. The molecule has 9 heteroatoms. The SMILES string of the molecule is COc1ccc(-n2nc(C(C)(C)C)c3c2N(CC(=O)NCc2ccc(F)cc2)C(=O)CS[C@@H]3c2ccccc2C)cc1. The van der Waals surface area contributed by atoms with Gasteiger partial charge < -0.3 is 10.1 Å². The van der Waals surface area contributed by atoms with E-state index in [1.807, 2.05) is 36.4 Å². The number of benzene rings is 3. The van der Waals surface area contributed by atoms with Gasteiger partial charge in [0.2, 0.25) is 11.8 Å². The third kappa shape index (κ3) is 6.06. The molecule has 218 valence electrons. The molecule has 1 aliphatic heterocycles. The van der Waals surface area contributed by atoms with E-state index in [0.717, 1.165) is 33.6 Å². The molecule has 42 heavy (non-hydrogen) atoms. The number of carbonyl (C=O) groups is 2. The fourth-order valence-corrected chi connectivity index (χ4v) is 6.40. The number of thioether (sulfide) groups is 1. The fourth-order valence-electron chi connectivity index (χ4n) is 5.11. The van der Waals surface area contributed by atoms with Crippen LogP contribution in [-0.2, 0) is 21.5 Å². The number of halogens is 1. The predicted octanol–water partition coefficient (Wildman–Crippen LogP) is 6.11. The standard InChI is InChI=1S/C33H35FN4O3S/c1-21-8-6-7-9-26(21)30-29-31(33(2,3)4)36-38(24-14-16-25(41-5)17-15-24)32(29)37(28(40)20-42-30)19-27(39)35-18-22-10-12-23(34)13-11-22/h6-17,30H,18-20H2,1-5H3,(H,35,39)/t30-/m1/s1. The van der Waals surface area contributed by atoms with Crippen molar-refractivity contribution in [2.75, 3.05) is 24.3 Å². The predicted molar refractivity (Wildman–Crippen MR) is 165 cm³/mol. The Morgan fingerprint density at radius 3 is 2.40 bits per heavy atom. The van der Waals surface area contributed by atoms with E-state index in [1.165, 1.54) is 12.1 Å². The third-order valence-corrected chi connectivity index (χ3v) is 8.53. The van der Waals surface area contributed by atoms with Crippen LogP contribution in [0.15, 0.2) is 72.8 Å². The molecule has 0 bridgehead atoms. The number of aromatic nitrogens is 2. The molecule has 2 amide bonds. The van der Waals surface area contributed by atoms with E-state index in [-0.39, 0.29) is 47.1 Å². The highest BCUT2D eigenvalue weighted by Gasteiger charge is 2.40. The molecule has 0 fully saturated rings. The van der Waals surface area contributed by atoms with E-state index in [4.69, 9.17) is 9.84 Å². The van der Waals surface area contributed by atoms with Gasteiger partial charge in [0.25, 0.3) is 0 Å². The molecule has 1 aliphatic rings. The third-order valence-electron chi connectivity index (χ3n) is 7.29. The average Bonchev–Trinajstić information content (AvgIpc) is 3.31. The van der Waals surface area contributed by atoms with Crippen molar-refractivity contribution in [3.05, 3.63) is 107 Å². The summed E-state index contributed by atoms with van der Waals surface area (Å²) in [7, 11) is 1.61. The monoisotopic (exact) mass is 586 g/mol. The van der Waals surface area contributed by atoms with Crippen molar-refractivity contribution in [1.29, 1.82) is 0 Å². The highest BCUT2D eigenvalue weighted by atomic mass is 32.2. The van der Waals surface area contributed by atoms with Gasteiger partial charge in [-0.1, -0.05) is 57.2 Å². The zero-order chi connectivity index (χ0) is 30.0. The molecule has 0 unspecified atom stereocenters. The van der Waals surface area contributed by atoms with Gasteiger partial charge in [-0.3, -0.25) is 14.5 Å². The lowest BCUT2D eigenvalue weighted by atomic mass is 9.86. The number of hydrogen-bond donors (Lipinski definition) is 1. The summed E-state index contributed by atoms with van der Waals surface area (Å²) >= 11 is 1.56. The largest absolute Gasteiger partial charge is 0.497 e. The maximum Gasteiger partial charge on any atom is 0.240 e. The molecular formula is C33H35FN4O3S. The minimum absolute atomic E-state index is 0.168. The molecule has 2 heterocycles. The summed E-state index contributed by atoms with van der Waals surface area (Å²) < 4.78 is 20.5. The van der Waals surface area contributed by atoms with Crippen LogP contribution in [0.4, 0.5) is 10.2 Å². The molecule has 0 saturated carbocycles. The lowest BCUT2D eigenvalue weighted by Gasteiger charge is -2.25. The minimum Gasteiger partial charge on any atom is -0.497 e. The highest BCUT2D eigenvalue weighted by Crippen LogP contribution is 2.49. The van der Waals surface area contributed by atoms with E-state index in [2.05, 4.69) is 45.1 Å². The van der Waals surface area contributed by atoms with Gasteiger partial charge in [0.05, 0.1) is 29.5 Å². The number of anilines is 1. The summed E-state index contributed by atoms with van der Waals surface area (Å²) in [5.41, 5.74) is 5.18. The van der Waals surface area contributed by atoms with Crippen molar-refractivity contribution in [2.45, 2.75) is 44.9 Å². The van der Waals surface area contributed by atoms with Crippen LogP contribution in [0.3, 0.4) is 0 Å². The number of nitrogens with zero attached hydrogens (tertiary/aromatic N) is 3. The van der Waals surface area contributed by atoms with Gasteiger partial charge >= 0.3 is 0 Å². The first-order chi connectivity index (χ1) is 20.1. The number of carbonyl (C=O) groups excluding carboxylic acids is 2. The van der Waals surface area contributed by atoms with Crippen LogP contribution in [-0.4, -0.2) is 41.0 Å². The van der Waals surface area contributed by atoms with E-state index < -0.39 is 0 Å². The molecule has 1 aromatic heterocycles. The smallest absolute Gasteiger partial charge is 0.240 e. The van der Waals surface area contributed by atoms with Crippen molar-refractivity contribution in [3.8, 4) is 11.4 Å². The van der Waals surface area contributed by atoms with Crippen LogP contribution >= 0.6 is 11.8 Å². The van der Waals surface area contributed by atoms with Crippen molar-refractivity contribution in [3.63, 3.8) is 0 Å². The Bertz CT molecular complexity index is 1590. The van der Waals surface area contributed by atoms with Crippen LogP contribution < -0.4 is 15.0 Å². The van der Waals surface area contributed by atoms with Crippen LogP contribution in [0.1, 0.15) is 54.0 Å². The maximum absolute atomic E-state index is 13.9. The summed E-state index contributed by atoms with van der Waals surface area (Å²) in [6.07, 6.45) is 0. The second-order valence-corrected chi connectivity index (χ2v) is 12.5. The van der Waals surface area contributed by atoms with E-state index in [9.17, 15) is 14.0 Å². The van der Waals surface area contributed by atoms with Crippen molar-refractivity contribution < 1.29 is 18.7 Å². The van der Waals surface area contributed by atoms with Gasteiger partial charge in [0.1, 0.15) is 23.9 Å². The molecule has 0 saturated heterocycles. The van der Waals surface area contributed by atoms with Crippen LogP contribution in [0.5, 0.6) is 5.75 Å². The molecule has 3 aromatic carbocycles. The summed E-state index contributed by atoms with van der Waals surface area (Å²) in [6, 6.07) is 21.7. The molecule has 0 aliphatic carbocycles. The number of methoxy groups -OCH3 is 1. The van der Waals surface area contributed by atoms with E-state index >= 15 is 0 Å². The number of nitrogens with one attached hydrogen (secondary N) is 1. The minimum atomic E-state index is -0.354. The Morgan fingerprint density at radius 1 is 1.07 bits per heavy atom. The van der Waals surface area contributed by atoms with E-state index in [1.54, 1.807) is 40.6 Å². The topological polar surface area (TPSA) is 76.5 Å². The van der Waals surface area contributed by atoms with Crippen LogP contribution in [0.25, 0.3) is 5.69 Å². The number of hydrogen-bond acceptors (Lipinski definition) is 5. The molecule has 7 nitrogen and oxygen atoms in total. The first-order valence-electron chi connectivity index (χ1n) is 13.8. The van der Waals surface area contributed by atoms with Gasteiger partial charge in [0.15, 0.2) is 0 Å². The highest BCUT2D eigenvalue weighted by molar-refractivity contribution is 8.00. The average molecular weight is 587 g/mol. The molecule has 0 radical (unpaired) electrons. The zero-order valence-corrected chi connectivity index (χ0v) is 25.3. The summed E-state index contributed by atoms with van der Waals surface area (Å²) in [6.45, 7) is 8.45. The number of amides is 2. The van der Waals surface area contributed by atoms with Crippen LogP contribution in [0, 0.1) is 12.7 Å². The molecule has 1 atom stereocenters. The van der Waals surface area contributed by atoms with Gasteiger partial charge in [0, 0.05) is 17.5 Å². The molecule has 5 rings (SSSR count). The summed E-state index contributed by atoms with van der Waals surface area (Å²) in [4.78, 5) is 28.7. The normalized spacial score (nSPS) is 15.2. The first-order valence-corrected chi connectivity index (χ1v) is 14.9. The number of fused-ring (bicyclic) bond motifs is 1. The molecular weight excluding hydrogens is 551 g/mol. The Labute approximate surface area is 250 Å². The molecule has 4 aromatic rings. The van der Waals surface area contributed by atoms with Gasteiger partial charge in [-0.2, -0.15) is 5.10 Å². The summed E-state index contributed by atoms with van der Waals surface area (Å²) in [5.74, 6) is 0.655. The second-order valence-electron chi connectivity index (χ2n) is 11.4. The Morgan fingerprint density at radius 2 is 1.76 bits per heavy atom. The van der Waals surface area contributed by atoms with Gasteiger partial charge in [-0.25, -0.2) is 9.07 Å². The van der Waals surface area contributed by atoms with Gasteiger partial charge in [-0.15, -0.1) is 11.8 Å². The first kappa shape index (κ1) is 29.4. The lowest BCUT2D eigenvalue weighted by Crippen LogP contribution is -2.42. The quantitative estimate of drug-likeness (QED) is 0.283. The number of aryl methyl sites for hydroxylation is 1. The second kappa shape index (κ2) is 12.0. The zero-order valence-electron chi connectivity index (χ0n) is 24.5. The maximum atomic E-state index is 13.9. The number of ether oxygens (including phenoxy) is 1. The van der Waals surface area contributed by atoms with Crippen molar-refractivity contribution >= 4 is 29.4 Å². The summed E-state index contributed by atoms with van der Waals surface area (Å²) in [5, 5.41) is 7.86. The lowest BCUT2D eigenvalue weighted by molar-refractivity contribution is -0.123. The van der Waals surface area contributed by atoms with Crippen molar-refractivity contribution in [1.82, 2.24) is 15.1 Å².